The van der Waals surface area contributed by atoms with Gasteiger partial charge in [-0.1, -0.05) is 142 Å². The van der Waals surface area contributed by atoms with Gasteiger partial charge in [-0.25, -0.2) is 0 Å². The van der Waals surface area contributed by atoms with Crippen LogP contribution in [0.15, 0.2) is 0 Å². The molecular weight excluding hydrogens is 506 g/mol. The van der Waals surface area contributed by atoms with Gasteiger partial charge in [0.15, 0.2) is 0 Å². The Hall–Kier alpha value is -0.610. The standard InChI is InChI=1S/C37H71NO3/c1-6-7-8-9-10-11-12-13-14-15-16-17-18-19-20-21-22-26-29-34(35(39)40)32-30-36(2,3)38(37(4,5)31-32)41-33-27-24-23-25-28-33/h32-34H,6-31H2,1-5H3,(H,39,40). The van der Waals surface area contributed by atoms with Gasteiger partial charge in [-0.2, -0.15) is 5.06 Å². The lowest BCUT2D eigenvalue weighted by molar-refractivity contribution is -0.315. The molecule has 4 nitrogen and oxygen atoms in total. The zero-order valence-corrected chi connectivity index (χ0v) is 28.3. The summed E-state index contributed by atoms with van der Waals surface area (Å²) >= 11 is 0. The third-order valence-electron chi connectivity index (χ3n) is 10.2. The van der Waals surface area contributed by atoms with E-state index in [1.807, 2.05) is 0 Å². The SMILES string of the molecule is CCCCCCCCCCCCCCCCCCCCC(C(=O)O)C1CC(C)(C)N(OC2CCCCC2)C(C)(C)C1. The highest BCUT2D eigenvalue weighted by Crippen LogP contribution is 2.46. The van der Waals surface area contributed by atoms with E-state index in [4.69, 9.17) is 4.84 Å². The highest BCUT2D eigenvalue weighted by molar-refractivity contribution is 5.70. The molecule has 1 heterocycles. The fourth-order valence-corrected chi connectivity index (χ4v) is 8.06. The average Bonchev–Trinajstić information content (AvgIpc) is 2.92. The van der Waals surface area contributed by atoms with Crippen molar-refractivity contribution in [3.63, 3.8) is 0 Å². The predicted octanol–water partition coefficient (Wildman–Crippen LogP) is 11.7. The number of carboxylic acids is 1. The Labute approximate surface area is 256 Å². The highest BCUT2D eigenvalue weighted by atomic mass is 16.7. The lowest BCUT2D eigenvalue weighted by Crippen LogP contribution is -2.62. The molecule has 4 heteroatoms. The minimum atomic E-state index is -0.588. The summed E-state index contributed by atoms with van der Waals surface area (Å²) in [6, 6.07) is 0. The Morgan fingerprint density at radius 1 is 0.683 bits per heavy atom. The summed E-state index contributed by atoms with van der Waals surface area (Å²) in [6.45, 7) is 11.3. The van der Waals surface area contributed by atoms with Crippen molar-refractivity contribution in [1.82, 2.24) is 5.06 Å². The molecule has 0 spiro atoms. The highest BCUT2D eigenvalue weighted by Gasteiger charge is 2.50. The van der Waals surface area contributed by atoms with Crippen LogP contribution in [0.1, 0.15) is 202 Å². The van der Waals surface area contributed by atoms with E-state index < -0.39 is 5.97 Å². The molecule has 1 atom stereocenters. The first kappa shape index (κ1) is 36.6. The molecule has 0 aromatic heterocycles. The number of carboxylic acid groups (broad SMARTS) is 1. The van der Waals surface area contributed by atoms with E-state index in [9.17, 15) is 9.90 Å². The van der Waals surface area contributed by atoms with Gasteiger partial charge in [-0.15, -0.1) is 0 Å². The topological polar surface area (TPSA) is 49.8 Å². The van der Waals surface area contributed by atoms with Crippen molar-refractivity contribution >= 4 is 5.97 Å². The van der Waals surface area contributed by atoms with Crippen LogP contribution in [-0.4, -0.2) is 33.3 Å². The largest absolute Gasteiger partial charge is 0.481 e. The minimum Gasteiger partial charge on any atom is -0.481 e. The minimum absolute atomic E-state index is 0.147. The van der Waals surface area contributed by atoms with Crippen LogP contribution in [0.3, 0.4) is 0 Å². The summed E-state index contributed by atoms with van der Waals surface area (Å²) < 4.78 is 0. The molecule has 2 rings (SSSR count). The molecule has 41 heavy (non-hydrogen) atoms. The Morgan fingerprint density at radius 2 is 1.07 bits per heavy atom. The van der Waals surface area contributed by atoms with Crippen LogP contribution in [0.4, 0.5) is 0 Å². The number of nitrogens with zero attached hydrogens (tertiary/aromatic N) is 1. The summed E-state index contributed by atoms with van der Waals surface area (Å²) in [5.74, 6) is -0.601. The zero-order chi connectivity index (χ0) is 30.0. The van der Waals surface area contributed by atoms with Crippen LogP contribution in [0.25, 0.3) is 0 Å². The quantitative estimate of drug-likeness (QED) is 0.123. The Bertz CT molecular complexity index is 651. The number of rotatable bonds is 23. The lowest BCUT2D eigenvalue weighted by atomic mass is 9.69. The molecule has 242 valence electrons. The smallest absolute Gasteiger partial charge is 0.306 e. The second kappa shape index (κ2) is 20.4. The van der Waals surface area contributed by atoms with Crippen LogP contribution in [-0.2, 0) is 9.63 Å². The number of carbonyl (C=O) groups is 1. The number of hydroxylamine groups is 2. The number of unbranched alkanes of at least 4 members (excludes halogenated alkanes) is 17. The van der Waals surface area contributed by atoms with Crippen molar-refractivity contribution in [2.75, 3.05) is 0 Å². The van der Waals surface area contributed by atoms with Crippen molar-refractivity contribution in [2.24, 2.45) is 11.8 Å². The maximum atomic E-state index is 12.4. The fraction of sp³-hybridized carbons (Fsp3) is 0.973. The van der Waals surface area contributed by atoms with E-state index in [1.54, 1.807) is 0 Å². The van der Waals surface area contributed by atoms with Gasteiger partial charge in [0.2, 0.25) is 0 Å². The fourth-order valence-electron chi connectivity index (χ4n) is 8.06. The van der Waals surface area contributed by atoms with E-state index >= 15 is 0 Å². The Morgan fingerprint density at radius 3 is 1.46 bits per heavy atom. The van der Waals surface area contributed by atoms with Gasteiger partial charge in [0.05, 0.1) is 12.0 Å². The van der Waals surface area contributed by atoms with E-state index in [2.05, 4.69) is 39.7 Å². The molecule has 0 aromatic rings. The molecule has 1 N–H and O–H groups in total. The lowest BCUT2D eigenvalue weighted by Gasteiger charge is -2.55. The van der Waals surface area contributed by atoms with Crippen LogP contribution in [0.2, 0.25) is 0 Å². The molecule has 2 aliphatic rings. The molecule has 1 saturated carbocycles. The van der Waals surface area contributed by atoms with Gasteiger partial charge >= 0.3 is 5.97 Å². The first-order chi connectivity index (χ1) is 19.7. The average molecular weight is 578 g/mol. The molecule has 0 amide bonds. The summed E-state index contributed by atoms with van der Waals surface area (Å²) in [4.78, 5) is 19.0. The van der Waals surface area contributed by atoms with Crippen molar-refractivity contribution in [3.05, 3.63) is 0 Å². The molecule has 0 bridgehead atoms. The zero-order valence-electron chi connectivity index (χ0n) is 28.3. The number of aliphatic carboxylic acids is 1. The van der Waals surface area contributed by atoms with Gasteiger partial charge in [0, 0.05) is 11.1 Å². The van der Waals surface area contributed by atoms with Gasteiger partial charge in [-0.3, -0.25) is 9.63 Å². The van der Waals surface area contributed by atoms with Crippen LogP contribution >= 0.6 is 0 Å². The van der Waals surface area contributed by atoms with E-state index in [0.717, 1.165) is 38.5 Å². The first-order valence-corrected chi connectivity index (χ1v) is 18.4. The Balaban J connectivity index is 1.55. The maximum Gasteiger partial charge on any atom is 0.306 e. The number of piperidine rings is 1. The van der Waals surface area contributed by atoms with Crippen molar-refractivity contribution in [3.8, 4) is 0 Å². The first-order valence-electron chi connectivity index (χ1n) is 18.4. The molecule has 1 aliphatic heterocycles. The molecule has 1 aliphatic carbocycles. The van der Waals surface area contributed by atoms with Crippen molar-refractivity contribution in [1.29, 1.82) is 0 Å². The van der Waals surface area contributed by atoms with E-state index in [0.29, 0.717) is 6.10 Å². The van der Waals surface area contributed by atoms with Crippen molar-refractivity contribution < 1.29 is 14.7 Å². The molecular formula is C37H71NO3. The van der Waals surface area contributed by atoms with Gasteiger partial charge < -0.3 is 5.11 Å². The molecule has 1 unspecified atom stereocenters. The van der Waals surface area contributed by atoms with Crippen LogP contribution in [0, 0.1) is 11.8 Å². The predicted molar refractivity (Wildman–Crippen MR) is 175 cm³/mol. The summed E-state index contributed by atoms with van der Waals surface area (Å²) in [5, 5.41) is 12.5. The van der Waals surface area contributed by atoms with Gasteiger partial charge in [0.25, 0.3) is 0 Å². The van der Waals surface area contributed by atoms with Crippen LogP contribution in [0.5, 0.6) is 0 Å². The Kier molecular flexibility index (Phi) is 18.2. The molecule has 2 fully saturated rings. The van der Waals surface area contributed by atoms with Crippen LogP contribution < -0.4 is 0 Å². The number of hydrogen-bond donors (Lipinski definition) is 1. The normalized spacial score (nSPS) is 20.8. The van der Waals surface area contributed by atoms with Gasteiger partial charge in [0.1, 0.15) is 0 Å². The maximum absolute atomic E-state index is 12.4. The third kappa shape index (κ3) is 14.6. The van der Waals surface area contributed by atoms with E-state index in [1.165, 1.54) is 128 Å². The summed E-state index contributed by atoms with van der Waals surface area (Å²) in [5.41, 5.74) is -0.295. The molecule has 0 radical (unpaired) electrons. The van der Waals surface area contributed by atoms with Crippen molar-refractivity contribution in [2.45, 2.75) is 219 Å². The number of hydrogen-bond acceptors (Lipinski definition) is 3. The second-order valence-electron chi connectivity index (χ2n) is 15.2. The molecule has 0 aromatic carbocycles. The third-order valence-corrected chi connectivity index (χ3v) is 10.2. The monoisotopic (exact) mass is 578 g/mol. The van der Waals surface area contributed by atoms with Gasteiger partial charge in [-0.05, 0) is 65.7 Å². The summed E-state index contributed by atoms with van der Waals surface area (Å²) in [7, 11) is 0. The summed E-state index contributed by atoms with van der Waals surface area (Å²) in [6.07, 6.45) is 33.7. The second-order valence-corrected chi connectivity index (χ2v) is 15.2. The van der Waals surface area contributed by atoms with E-state index in [-0.39, 0.29) is 22.9 Å². The molecule has 1 saturated heterocycles.